The number of halogens is 1. The zero-order chi connectivity index (χ0) is 17.2. The maximum absolute atomic E-state index is 12.3. The Kier molecular flexibility index (Phi) is 3.39. The summed E-state index contributed by atoms with van der Waals surface area (Å²) in [6.45, 7) is 1.20. The van der Waals surface area contributed by atoms with Gasteiger partial charge in [0.05, 0.1) is 29.8 Å². The Morgan fingerprint density at radius 3 is 2.92 bits per heavy atom. The Balaban J connectivity index is 1.32. The SMILES string of the molecule is O=C(N[C@H]1[C@@H]2C[C@](O)(c3cc(Cl)cc4[nH]ncc34)C[C@@H]21)C1CCOC1. The van der Waals surface area contributed by atoms with Crippen molar-refractivity contribution in [2.45, 2.75) is 30.9 Å². The fourth-order valence-corrected chi connectivity index (χ4v) is 4.94. The van der Waals surface area contributed by atoms with E-state index < -0.39 is 5.60 Å². The van der Waals surface area contributed by atoms with Gasteiger partial charge in [0.25, 0.3) is 0 Å². The lowest BCUT2D eigenvalue weighted by atomic mass is 9.86. The highest BCUT2D eigenvalue weighted by molar-refractivity contribution is 6.31. The van der Waals surface area contributed by atoms with Crippen LogP contribution >= 0.6 is 11.6 Å². The van der Waals surface area contributed by atoms with E-state index in [4.69, 9.17) is 16.3 Å². The number of nitrogens with one attached hydrogen (secondary N) is 2. The Hall–Kier alpha value is -1.63. The smallest absolute Gasteiger partial charge is 0.225 e. The number of aliphatic hydroxyl groups is 1. The Morgan fingerprint density at radius 2 is 2.20 bits per heavy atom. The zero-order valence-corrected chi connectivity index (χ0v) is 14.4. The molecule has 5 atom stereocenters. The molecule has 25 heavy (non-hydrogen) atoms. The molecule has 1 aromatic carbocycles. The van der Waals surface area contributed by atoms with E-state index in [2.05, 4.69) is 15.5 Å². The summed E-state index contributed by atoms with van der Waals surface area (Å²) in [6, 6.07) is 3.85. The number of benzene rings is 1. The number of aromatic amines is 1. The molecule has 1 amide bonds. The fourth-order valence-electron chi connectivity index (χ4n) is 4.72. The van der Waals surface area contributed by atoms with E-state index >= 15 is 0 Å². The highest BCUT2D eigenvalue weighted by Gasteiger charge is 2.62. The molecule has 3 aliphatic rings. The van der Waals surface area contributed by atoms with Crippen LogP contribution < -0.4 is 5.32 Å². The molecule has 0 radical (unpaired) electrons. The van der Waals surface area contributed by atoms with E-state index in [0.29, 0.717) is 42.9 Å². The molecule has 2 saturated carbocycles. The van der Waals surface area contributed by atoms with Crippen LogP contribution in [0.1, 0.15) is 24.8 Å². The summed E-state index contributed by atoms with van der Waals surface area (Å²) in [5, 5.41) is 22.9. The second-order valence-corrected chi connectivity index (χ2v) is 8.08. The summed E-state index contributed by atoms with van der Waals surface area (Å²) in [4.78, 5) is 12.3. The van der Waals surface area contributed by atoms with Crippen molar-refractivity contribution in [1.29, 1.82) is 0 Å². The van der Waals surface area contributed by atoms with Crippen LogP contribution in [0.15, 0.2) is 18.3 Å². The number of hydrogen-bond acceptors (Lipinski definition) is 4. The van der Waals surface area contributed by atoms with Crippen molar-refractivity contribution >= 4 is 28.4 Å². The summed E-state index contributed by atoms with van der Waals surface area (Å²) >= 11 is 6.21. The number of hydrogen-bond donors (Lipinski definition) is 3. The number of carbonyl (C=O) groups is 1. The third-order valence-corrected chi connectivity index (χ3v) is 6.33. The molecule has 1 aromatic heterocycles. The quantitative estimate of drug-likeness (QED) is 0.780. The number of nitrogens with zero attached hydrogens (tertiary/aromatic N) is 1. The average Bonchev–Trinajstić information content (AvgIpc) is 3.12. The van der Waals surface area contributed by atoms with E-state index in [9.17, 15) is 9.90 Å². The molecule has 1 aliphatic heterocycles. The van der Waals surface area contributed by atoms with Crippen molar-refractivity contribution < 1.29 is 14.6 Å². The normalized spacial score (nSPS) is 36.6. The highest BCUT2D eigenvalue weighted by Crippen LogP contribution is 2.60. The number of aromatic nitrogens is 2. The third-order valence-electron chi connectivity index (χ3n) is 6.11. The first-order valence-electron chi connectivity index (χ1n) is 8.79. The third kappa shape index (κ3) is 2.46. The molecule has 0 spiro atoms. The first kappa shape index (κ1) is 15.6. The Morgan fingerprint density at radius 1 is 1.40 bits per heavy atom. The van der Waals surface area contributed by atoms with Gasteiger partial charge < -0.3 is 15.2 Å². The molecule has 1 saturated heterocycles. The number of rotatable bonds is 3. The monoisotopic (exact) mass is 361 g/mol. The van der Waals surface area contributed by atoms with Crippen molar-refractivity contribution in [3.8, 4) is 0 Å². The lowest BCUT2D eigenvalue weighted by molar-refractivity contribution is -0.125. The van der Waals surface area contributed by atoms with Gasteiger partial charge in [0.2, 0.25) is 5.91 Å². The van der Waals surface area contributed by atoms with Crippen molar-refractivity contribution in [2.24, 2.45) is 17.8 Å². The van der Waals surface area contributed by atoms with Gasteiger partial charge in [0, 0.05) is 23.1 Å². The first-order chi connectivity index (χ1) is 12.0. The minimum absolute atomic E-state index is 0.0151. The van der Waals surface area contributed by atoms with Gasteiger partial charge in [-0.1, -0.05) is 11.6 Å². The van der Waals surface area contributed by atoms with E-state index in [0.717, 1.165) is 22.9 Å². The van der Waals surface area contributed by atoms with Crippen LogP contribution in [0.3, 0.4) is 0 Å². The lowest BCUT2D eigenvalue weighted by Gasteiger charge is -2.27. The number of fused-ring (bicyclic) bond motifs is 2. The maximum atomic E-state index is 12.3. The molecule has 2 aromatic rings. The van der Waals surface area contributed by atoms with Crippen LogP contribution in [0.4, 0.5) is 0 Å². The number of H-pyrrole nitrogens is 1. The molecule has 3 N–H and O–H groups in total. The summed E-state index contributed by atoms with van der Waals surface area (Å²) in [5.74, 6) is 0.744. The number of ether oxygens (including phenoxy) is 1. The second-order valence-electron chi connectivity index (χ2n) is 7.65. The van der Waals surface area contributed by atoms with Crippen LogP contribution in [0.2, 0.25) is 5.02 Å². The summed E-state index contributed by atoms with van der Waals surface area (Å²) in [5.41, 5.74) is 0.771. The van der Waals surface area contributed by atoms with Crippen molar-refractivity contribution in [3.63, 3.8) is 0 Å². The fraction of sp³-hybridized carbons (Fsp3) is 0.556. The van der Waals surface area contributed by atoms with Crippen LogP contribution in [-0.2, 0) is 15.1 Å². The predicted octanol–water partition coefficient (Wildman–Crippen LogP) is 1.96. The van der Waals surface area contributed by atoms with Gasteiger partial charge >= 0.3 is 0 Å². The average molecular weight is 362 g/mol. The highest BCUT2D eigenvalue weighted by atomic mass is 35.5. The number of amides is 1. The molecule has 132 valence electrons. The van der Waals surface area contributed by atoms with Crippen molar-refractivity contribution in [3.05, 3.63) is 28.9 Å². The van der Waals surface area contributed by atoms with E-state index in [-0.39, 0.29) is 17.9 Å². The second kappa shape index (κ2) is 5.43. The first-order valence-corrected chi connectivity index (χ1v) is 9.16. The van der Waals surface area contributed by atoms with Crippen LogP contribution in [0.25, 0.3) is 10.9 Å². The molecule has 6 nitrogen and oxygen atoms in total. The topological polar surface area (TPSA) is 87.2 Å². The van der Waals surface area contributed by atoms with Gasteiger partial charge in [-0.05, 0) is 48.8 Å². The minimum atomic E-state index is -0.903. The zero-order valence-electron chi connectivity index (χ0n) is 13.7. The van der Waals surface area contributed by atoms with E-state index in [1.807, 2.05) is 12.1 Å². The molecular formula is C18H20ClN3O3. The van der Waals surface area contributed by atoms with Crippen LogP contribution in [0.5, 0.6) is 0 Å². The van der Waals surface area contributed by atoms with E-state index in [1.165, 1.54) is 0 Å². The summed E-state index contributed by atoms with van der Waals surface area (Å²) in [7, 11) is 0. The molecular weight excluding hydrogens is 342 g/mol. The van der Waals surface area contributed by atoms with Crippen LogP contribution in [-0.4, -0.2) is 40.5 Å². The molecule has 7 heteroatoms. The Labute approximate surface area is 149 Å². The molecule has 3 fully saturated rings. The molecule has 2 aliphatic carbocycles. The summed E-state index contributed by atoms with van der Waals surface area (Å²) in [6.07, 6.45) is 3.83. The minimum Gasteiger partial charge on any atom is -0.385 e. The number of carbonyl (C=O) groups excluding carboxylic acids is 1. The molecule has 5 rings (SSSR count). The standard InChI is InChI=1S/C18H20ClN3O3/c19-10-3-14(13-7-20-22-15(13)4-10)18(24)5-11-12(6-18)16(11)21-17(23)9-1-2-25-8-9/h3-4,7,9,11-12,16,24H,1-2,5-6,8H2,(H,20,22)(H,21,23)/t9?,11-,12+,16+,18-. The predicted molar refractivity (Wildman–Crippen MR) is 92.1 cm³/mol. The van der Waals surface area contributed by atoms with Crippen molar-refractivity contribution in [2.75, 3.05) is 13.2 Å². The van der Waals surface area contributed by atoms with Crippen LogP contribution in [0, 0.1) is 17.8 Å². The van der Waals surface area contributed by atoms with Crippen molar-refractivity contribution in [1.82, 2.24) is 15.5 Å². The van der Waals surface area contributed by atoms with Gasteiger partial charge in [-0.15, -0.1) is 0 Å². The Bertz CT molecular complexity index is 833. The molecule has 1 unspecified atom stereocenters. The maximum Gasteiger partial charge on any atom is 0.225 e. The van der Waals surface area contributed by atoms with Gasteiger partial charge in [0.15, 0.2) is 0 Å². The van der Waals surface area contributed by atoms with E-state index in [1.54, 1.807) is 6.20 Å². The van der Waals surface area contributed by atoms with Gasteiger partial charge in [-0.25, -0.2) is 0 Å². The van der Waals surface area contributed by atoms with Gasteiger partial charge in [-0.3, -0.25) is 9.89 Å². The van der Waals surface area contributed by atoms with Gasteiger partial charge in [-0.2, -0.15) is 5.10 Å². The largest absolute Gasteiger partial charge is 0.385 e. The molecule has 0 bridgehead atoms. The summed E-state index contributed by atoms with van der Waals surface area (Å²) < 4.78 is 5.29. The lowest BCUT2D eigenvalue weighted by Crippen LogP contribution is -2.37. The van der Waals surface area contributed by atoms with Gasteiger partial charge in [0.1, 0.15) is 0 Å². The molecule has 2 heterocycles.